The average molecular weight is 287 g/mol. The van der Waals surface area contributed by atoms with E-state index in [9.17, 15) is 9.18 Å². The number of amides is 1. The SMILES string of the molecule is Cc1nccn1-c1ccc(CNC(=O)[C@H]2C[C@H]2C)cc1F. The number of carbonyl (C=O) groups excluding carboxylic acids is 1. The molecular formula is C16H18FN3O. The molecule has 1 N–H and O–H groups in total. The number of nitrogens with zero attached hydrogens (tertiary/aromatic N) is 2. The Morgan fingerprint density at radius 1 is 1.52 bits per heavy atom. The molecule has 2 atom stereocenters. The minimum Gasteiger partial charge on any atom is -0.352 e. The predicted octanol–water partition coefficient (Wildman–Crippen LogP) is 2.59. The second-order valence-electron chi connectivity index (χ2n) is 5.67. The number of rotatable bonds is 4. The number of imidazole rings is 1. The first-order chi connectivity index (χ1) is 10.1. The van der Waals surface area contributed by atoms with Gasteiger partial charge in [-0.25, -0.2) is 9.37 Å². The molecule has 0 unspecified atom stereocenters. The number of benzene rings is 1. The van der Waals surface area contributed by atoms with Crippen molar-refractivity contribution in [1.29, 1.82) is 0 Å². The predicted molar refractivity (Wildman–Crippen MR) is 77.4 cm³/mol. The molecule has 1 aliphatic carbocycles. The lowest BCUT2D eigenvalue weighted by atomic mass is 10.2. The van der Waals surface area contributed by atoms with Gasteiger partial charge >= 0.3 is 0 Å². The van der Waals surface area contributed by atoms with Gasteiger partial charge in [0.25, 0.3) is 0 Å². The molecule has 1 fully saturated rings. The van der Waals surface area contributed by atoms with Gasteiger partial charge in [-0.15, -0.1) is 0 Å². The van der Waals surface area contributed by atoms with Crippen LogP contribution in [0.15, 0.2) is 30.6 Å². The Morgan fingerprint density at radius 2 is 2.29 bits per heavy atom. The highest BCUT2D eigenvalue weighted by Crippen LogP contribution is 2.37. The number of halogens is 1. The van der Waals surface area contributed by atoms with E-state index in [1.165, 1.54) is 6.07 Å². The Morgan fingerprint density at radius 3 is 2.86 bits per heavy atom. The quantitative estimate of drug-likeness (QED) is 0.939. The molecule has 1 aromatic heterocycles. The maximum absolute atomic E-state index is 14.2. The summed E-state index contributed by atoms with van der Waals surface area (Å²) in [4.78, 5) is 15.8. The Hall–Kier alpha value is -2.17. The first kappa shape index (κ1) is 13.8. The molecular weight excluding hydrogens is 269 g/mol. The summed E-state index contributed by atoms with van der Waals surface area (Å²) in [6.07, 6.45) is 4.32. The third-order valence-corrected chi connectivity index (χ3v) is 4.01. The molecule has 110 valence electrons. The number of hydrogen-bond donors (Lipinski definition) is 1. The van der Waals surface area contributed by atoms with E-state index in [1.54, 1.807) is 23.0 Å². The molecule has 1 aromatic carbocycles. The number of aromatic nitrogens is 2. The van der Waals surface area contributed by atoms with E-state index in [0.29, 0.717) is 18.2 Å². The van der Waals surface area contributed by atoms with E-state index < -0.39 is 0 Å². The van der Waals surface area contributed by atoms with Gasteiger partial charge in [-0.05, 0) is 37.0 Å². The van der Waals surface area contributed by atoms with Gasteiger partial charge in [0, 0.05) is 24.9 Å². The highest BCUT2D eigenvalue weighted by atomic mass is 19.1. The van der Waals surface area contributed by atoms with Gasteiger partial charge in [0.2, 0.25) is 5.91 Å². The third-order valence-electron chi connectivity index (χ3n) is 4.01. The summed E-state index contributed by atoms with van der Waals surface area (Å²) in [5.74, 6) is 1.11. The van der Waals surface area contributed by atoms with E-state index in [0.717, 1.165) is 17.8 Å². The van der Waals surface area contributed by atoms with Crippen LogP contribution in [0.4, 0.5) is 4.39 Å². The molecule has 5 heteroatoms. The van der Waals surface area contributed by atoms with Crippen molar-refractivity contribution in [3.05, 3.63) is 47.8 Å². The normalized spacial score (nSPS) is 20.3. The Kier molecular flexibility index (Phi) is 3.49. The lowest BCUT2D eigenvalue weighted by Crippen LogP contribution is -2.24. The van der Waals surface area contributed by atoms with Gasteiger partial charge in [0.15, 0.2) is 0 Å². The summed E-state index contributed by atoms with van der Waals surface area (Å²) in [5, 5.41) is 2.86. The second kappa shape index (κ2) is 5.31. The summed E-state index contributed by atoms with van der Waals surface area (Å²) in [6.45, 7) is 4.25. The van der Waals surface area contributed by atoms with Gasteiger partial charge in [-0.2, -0.15) is 0 Å². The fourth-order valence-electron chi connectivity index (χ4n) is 2.50. The summed E-state index contributed by atoms with van der Waals surface area (Å²) in [6, 6.07) is 5.01. The minimum absolute atomic E-state index is 0.0671. The first-order valence-electron chi connectivity index (χ1n) is 7.12. The first-order valence-corrected chi connectivity index (χ1v) is 7.12. The summed E-state index contributed by atoms with van der Waals surface area (Å²) < 4.78 is 15.9. The molecule has 0 radical (unpaired) electrons. The molecule has 4 nitrogen and oxygen atoms in total. The molecule has 1 saturated carbocycles. The fourth-order valence-corrected chi connectivity index (χ4v) is 2.50. The number of nitrogens with one attached hydrogen (secondary N) is 1. The maximum Gasteiger partial charge on any atom is 0.223 e. The Labute approximate surface area is 123 Å². The molecule has 0 aliphatic heterocycles. The van der Waals surface area contributed by atoms with E-state index in [4.69, 9.17) is 0 Å². The zero-order chi connectivity index (χ0) is 15.0. The topological polar surface area (TPSA) is 46.9 Å². The zero-order valence-electron chi connectivity index (χ0n) is 12.1. The number of aryl methyl sites for hydroxylation is 1. The van der Waals surface area contributed by atoms with Crippen LogP contribution in [0.25, 0.3) is 5.69 Å². The summed E-state index contributed by atoms with van der Waals surface area (Å²) in [7, 11) is 0. The van der Waals surface area contributed by atoms with E-state index in [2.05, 4.69) is 17.2 Å². The molecule has 3 rings (SSSR count). The van der Waals surface area contributed by atoms with E-state index >= 15 is 0 Å². The van der Waals surface area contributed by atoms with E-state index in [-0.39, 0.29) is 17.6 Å². The fraction of sp³-hybridized carbons (Fsp3) is 0.375. The Balaban J connectivity index is 1.70. The maximum atomic E-state index is 14.2. The average Bonchev–Trinajstić information content (AvgIpc) is 3.04. The number of carbonyl (C=O) groups is 1. The second-order valence-corrected chi connectivity index (χ2v) is 5.67. The third kappa shape index (κ3) is 2.82. The molecule has 1 amide bonds. The van der Waals surface area contributed by atoms with Crippen molar-refractivity contribution in [3.63, 3.8) is 0 Å². The van der Waals surface area contributed by atoms with Crippen LogP contribution in [-0.2, 0) is 11.3 Å². The monoisotopic (exact) mass is 287 g/mol. The van der Waals surface area contributed by atoms with Gasteiger partial charge in [0.1, 0.15) is 11.6 Å². The van der Waals surface area contributed by atoms with Crippen LogP contribution in [0.2, 0.25) is 0 Å². The van der Waals surface area contributed by atoms with Gasteiger partial charge in [-0.1, -0.05) is 13.0 Å². The summed E-state index contributed by atoms with van der Waals surface area (Å²) >= 11 is 0. The van der Waals surface area contributed by atoms with Crippen molar-refractivity contribution in [3.8, 4) is 5.69 Å². The van der Waals surface area contributed by atoms with Crippen LogP contribution in [0.3, 0.4) is 0 Å². The Bertz CT molecular complexity index is 680. The van der Waals surface area contributed by atoms with Crippen LogP contribution in [0.1, 0.15) is 24.7 Å². The van der Waals surface area contributed by atoms with Crippen molar-refractivity contribution in [2.45, 2.75) is 26.8 Å². The van der Waals surface area contributed by atoms with Crippen molar-refractivity contribution in [2.24, 2.45) is 11.8 Å². The van der Waals surface area contributed by atoms with Crippen molar-refractivity contribution < 1.29 is 9.18 Å². The molecule has 21 heavy (non-hydrogen) atoms. The molecule has 2 aromatic rings. The van der Waals surface area contributed by atoms with E-state index in [1.807, 2.05) is 13.0 Å². The highest BCUT2D eigenvalue weighted by Gasteiger charge is 2.38. The van der Waals surface area contributed by atoms with Gasteiger partial charge in [0.05, 0.1) is 5.69 Å². The van der Waals surface area contributed by atoms with Gasteiger partial charge in [-0.3, -0.25) is 4.79 Å². The van der Waals surface area contributed by atoms with Crippen LogP contribution in [0, 0.1) is 24.6 Å². The summed E-state index contributed by atoms with van der Waals surface area (Å²) in [5.41, 5.74) is 1.23. The zero-order valence-corrected chi connectivity index (χ0v) is 12.1. The van der Waals surface area contributed by atoms with Crippen LogP contribution < -0.4 is 5.32 Å². The van der Waals surface area contributed by atoms with Crippen LogP contribution in [0.5, 0.6) is 0 Å². The van der Waals surface area contributed by atoms with Crippen LogP contribution >= 0.6 is 0 Å². The van der Waals surface area contributed by atoms with Crippen molar-refractivity contribution in [1.82, 2.24) is 14.9 Å². The van der Waals surface area contributed by atoms with Crippen molar-refractivity contribution in [2.75, 3.05) is 0 Å². The number of hydrogen-bond acceptors (Lipinski definition) is 2. The van der Waals surface area contributed by atoms with Crippen LogP contribution in [-0.4, -0.2) is 15.5 Å². The highest BCUT2D eigenvalue weighted by molar-refractivity contribution is 5.81. The minimum atomic E-state index is -0.317. The van der Waals surface area contributed by atoms with Crippen molar-refractivity contribution >= 4 is 5.91 Å². The molecule has 0 saturated heterocycles. The molecule has 1 aliphatic rings. The molecule has 0 bridgehead atoms. The van der Waals surface area contributed by atoms with Gasteiger partial charge < -0.3 is 9.88 Å². The lowest BCUT2D eigenvalue weighted by molar-refractivity contribution is -0.122. The largest absolute Gasteiger partial charge is 0.352 e. The smallest absolute Gasteiger partial charge is 0.223 e. The molecule has 0 spiro atoms. The lowest BCUT2D eigenvalue weighted by Gasteiger charge is -2.09. The standard InChI is InChI=1S/C16H18FN3O/c1-10-7-13(10)16(21)19-9-12-3-4-15(14(17)8-12)20-6-5-18-11(20)2/h3-6,8,10,13H,7,9H2,1-2H3,(H,19,21)/t10-,13+/m1/s1. The molecule has 1 heterocycles.